The third kappa shape index (κ3) is 3.04. The number of halogens is 1. The van der Waals surface area contributed by atoms with Gasteiger partial charge in [0.1, 0.15) is 6.54 Å². The number of carbonyl (C=O) groups is 1. The van der Waals surface area contributed by atoms with Gasteiger partial charge in [-0.2, -0.15) is 0 Å². The molecule has 0 unspecified atom stereocenters. The van der Waals surface area contributed by atoms with Crippen LogP contribution in [0.3, 0.4) is 0 Å². The Labute approximate surface area is 121 Å². The summed E-state index contributed by atoms with van der Waals surface area (Å²) in [6.45, 7) is 5.90. The molecule has 0 aliphatic heterocycles. The third-order valence-corrected chi connectivity index (χ3v) is 3.56. The molecule has 1 aromatic carbocycles. The minimum atomic E-state index is -0.561. The minimum absolute atomic E-state index is 0.0470. The van der Waals surface area contributed by atoms with Gasteiger partial charge in [0.25, 0.3) is 0 Å². The lowest BCUT2D eigenvalue weighted by atomic mass is 10.1. The van der Waals surface area contributed by atoms with Crippen molar-refractivity contribution in [3.63, 3.8) is 0 Å². The highest BCUT2D eigenvalue weighted by atomic mass is 35.5. The van der Waals surface area contributed by atoms with Gasteiger partial charge >= 0.3 is 5.76 Å². The first-order valence-electron chi connectivity index (χ1n) is 6.46. The predicted octanol–water partition coefficient (Wildman–Crippen LogP) is 2.41. The average Bonchev–Trinajstić information content (AvgIpc) is 2.64. The van der Waals surface area contributed by atoms with Crippen molar-refractivity contribution >= 4 is 28.6 Å². The van der Waals surface area contributed by atoms with E-state index in [4.69, 9.17) is 16.0 Å². The third-order valence-electron chi connectivity index (χ3n) is 3.32. The summed E-state index contributed by atoms with van der Waals surface area (Å²) >= 11 is 5.84. The molecule has 0 saturated carbocycles. The fourth-order valence-corrected chi connectivity index (χ4v) is 1.96. The fraction of sp³-hybridized carbons (Fsp3) is 0.429. The van der Waals surface area contributed by atoms with Gasteiger partial charge in [0.15, 0.2) is 5.58 Å². The molecule has 0 fully saturated rings. The number of rotatable bonds is 4. The van der Waals surface area contributed by atoms with Crippen molar-refractivity contribution in [2.24, 2.45) is 5.92 Å². The summed E-state index contributed by atoms with van der Waals surface area (Å²) in [6.07, 6.45) is 0. The van der Waals surface area contributed by atoms with E-state index >= 15 is 0 Å². The molecule has 0 bridgehead atoms. The number of nitrogens with zero attached hydrogens (tertiary/aromatic N) is 1. The molecule has 0 spiro atoms. The van der Waals surface area contributed by atoms with Crippen LogP contribution < -0.4 is 11.1 Å². The molecule has 0 saturated heterocycles. The highest BCUT2D eigenvalue weighted by molar-refractivity contribution is 6.31. The number of fused-ring (bicyclic) bond motifs is 1. The van der Waals surface area contributed by atoms with Crippen molar-refractivity contribution in [2.75, 3.05) is 0 Å². The van der Waals surface area contributed by atoms with E-state index in [0.717, 1.165) is 0 Å². The van der Waals surface area contributed by atoms with Crippen LogP contribution in [0.15, 0.2) is 27.4 Å². The Bertz CT molecular complexity index is 687. The quantitative estimate of drug-likeness (QED) is 0.942. The van der Waals surface area contributed by atoms with Crippen LogP contribution >= 0.6 is 11.6 Å². The number of hydrogen-bond acceptors (Lipinski definition) is 3. The van der Waals surface area contributed by atoms with Crippen LogP contribution in [0, 0.1) is 5.92 Å². The Balaban J connectivity index is 2.24. The maximum absolute atomic E-state index is 11.9. The number of nitrogens with one attached hydrogen (secondary N) is 1. The van der Waals surface area contributed by atoms with Crippen LogP contribution in [0.2, 0.25) is 5.02 Å². The Hall–Kier alpha value is -1.75. The molecular formula is C14H17ClN2O3. The highest BCUT2D eigenvalue weighted by Crippen LogP contribution is 2.18. The van der Waals surface area contributed by atoms with Crippen LogP contribution in [0.1, 0.15) is 20.8 Å². The van der Waals surface area contributed by atoms with Crippen LogP contribution in [0.5, 0.6) is 0 Å². The number of benzene rings is 1. The second kappa shape index (κ2) is 5.71. The molecule has 0 aliphatic carbocycles. The number of oxazole rings is 1. The zero-order chi connectivity index (χ0) is 14.9. The van der Waals surface area contributed by atoms with Crippen LogP contribution in [-0.2, 0) is 11.3 Å². The summed E-state index contributed by atoms with van der Waals surface area (Å²) in [5.74, 6) is -0.448. The zero-order valence-electron chi connectivity index (χ0n) is 11.6. The molecule has 2 rings (SSSR count). The van der Waals surface area contributed by atoms with Crippen LogP contribution in [0.4, 0.5) is 0 Å². The fourth-order valence-electron chi connectivity index (χ4n) is 1.80. The lowest BCUT2D eigenvalue weighted by molar-refractivity contribution is -0.122. The first kappa shape index (κ1) is 14.7. The van der Waals surface area contributed by atoms with Gasteiger partial charge < -0.3 is 9.73 Å². The predicted molar refractivity (Wildman–Crippen MR) is 77.9 cm³/mol. The van der Waals surface area contributed by atoms with E-state index in [0.29, 0.717) is 22.0 Å². The van der Waals surface area contributed by atoms with Crippen LogP contribution in [0.25, 0.3) is 11.1 Å². The average molecular weight is 297 g/mol. The molecule has 1 N–H and O–H groups in total. The van der Waals surface area contributed by atoms with Crippen molar-refractivity contribution in [1.29, 1.82) is 0 Å². The number of hydrogen-bond donors (Lipinski definition) is 1. The molecule has 1 aromatic heterocycles. The first-order chi connectivity index (χ1) is 9.38. The van der Waals surface area contributed by atoms with E-state index < -0.39 is 5.76 Å². The number of aromatic nitrogens is 1. The lowest BCUT2D eigenvalue weighted by Gasteiger charge is -2.17. The number of carbonyl (C=O) groups excluding carboxylic acids is 1. The molecular weight excluding hydrogens is 280 g/mol. The van der Waals surface area contributed by atoms with Crippen molar-refractivity contribution in [3.05, 3.63) is 33.8 Å². The Morgan fingerprint density at radius 3 is 2.75 bits per heavy atom. The summed E-state index contributed by atoms with van der Waals surface area (Å²) in [5.41, 5.74) is 0.943. The normalized spacial score (nSPS) is 12.8. The van der Waals surface area contributed by atoms with E-state index in [1.54, 1.807) is 18.2 Å². The van der Waals surface area contributed by atoms with Crippen molar-refractivity contribution in [3.8, 4) is 0 Å². The largest absolute Gasteiger partial charge is 0.420 e. The van der Waals surface area contributed by atoms with E-state index in [9.17, 15) is 9.59 Å². The number of amides is 1. The molecule has 1 atom stereocenters. The molecule has 1 amide bonds. The van der Waals surface area contributed by atoms with Crippen LogP contribution in [-0.4, -0.2) is 16.5 Å². The van der Waals surface area contributed by atoms with Crippen molar-refractivity contribution < 1.29 is 9.21 Å². The summed E-state index contributed by atoms with van der Waals surface area (Å²) < 4.78 is 6.38. The van der Waals surface area contributed by atoms with E-state index in [-0.39, 0.29) is 18.5 Å². The molecule has 20 heavy (non-hydrogen) atoms. The maximum Gasteiger partial charge on any atom is 0.420 e. The van der Waals surface area contributed by atoms with Crippen molar-refractivity contribution in [1.82, 2.24) is 9.88 Å². The van der Waals surface area contributed by atoms with Crippen molar-refractivity contribution in [2.45, 2.75) is 33.4 Å². The standard InChI is InChI=1S/C14H17ClN2O3/c1-8(2)9(3)16-13(18)7-17-11-5-4-10(15)6-12(11)20-14(17)19/h4-6,8-9H,7H2,1-3H3,(H,16,18)/t9-/m1/s1. The van der Waals surface area contributed by atoms with Gasteiger partial charge in [0.05, 0.1) is 5.52 Å². The minimum Gasteiger partial charge on any atom is -0.408 e. The topological polar surface area (TPSA) is 64.2 Å². The summed E-state index contributed by atoms with van der Waals surface area (Å²) in [4.78, 5) is 23.7. The lowest BCUT2D eigenvalue weighted by Crippen LogP contribution is -2.39. The zero-order valence-corrected chi connectivity index (χ0v) is 12.4. The highest BCUT2D eigenvalue weighted by Gasteiger charge is 2.15. The molecule has 2 aromatic rings. The molecule has 0 radical (unpaired) electrons. The van der Waals surface area contributed by atoms with Gasteiger partial charge in [-0.3, -0.25) is 9.36 Å². The monoisotopic (exact) mass is 296 g/mol. The second-order valence-electron chi connectivity index (χ2n) is 5.17. The molecule has 108 valence electrons. The Morgan fingerprint density at radius 2 is 2.10 bits per heavy atom. The van der Waals surface area contributed by atoms with Gasteiger partial charge in [0.2, 0.25) is 5.91 Å². The van der Waals surface area contributed by atoms with Gasteiger partial charge in [-0.15, -0.1) is 0 Å². The van der Waals surface area contributed by atoms with E-state index in [1.165, 1.54) is 4.57 Å². The van der Waals surface area contributed by atoms with Gasteiger partial charge in [-0.1, -0.05) is 25.4 Å². The summed E-state index contributed by atoms with van der Waals surface area (Å²) in [5, 5.41) is 3.34. The van der Waals surface area contributed by atoms with E-state index in [2.05, 4.69) is 5.32 Å². The smallest absolute Gasteiger partial charge is 0.408 e. The molecule has 1 heterocycles. The summed E-state index contributed by atoms with van der Waals surface area (Å²) in [6, 6.07) is 4.93. The molecule has 6 heteroatoms. The Kier molecular flexibility index (Phi) is 4.18. The molecule has 5 nitrogen and oxygen atoms in total. The summed E-state index contributed by atoms with van der Waals surface area (Å²) in [7, 11) is 0. The SMILES string of the molecule is CC(C)[C@@H](C)NC(=O)Cn1c(=O)oc2cc(Cl)ccc21. The maximum atomic E-state index is 11.9. The first-order valence-corrected chi connectivity index (χ1v) is 6.84. The Morgan fingerprint density at radius 1 is 1.40 bits per heavy atom. The van der Waals surface area contributed by atoms with Gasteiger partial charge in [-0.25, -0.2) is 4.79 Å². The van der Waals surface area contributed by atoms with Gasteiger partial charge in [-0.05, 0) is 25.0 Å². The van der Waals surface area contributed by atoms with E-state index in [1.807, 2.05) is 20.8 Å². The van der Waals surface area contributed by atoms with Gasteiger partial charge in [0, 0.05) is 17.1 Å². The second-order valence-corrected chi connectivity index (χ2v) is 5.60. The molecule has 0 aliphatic rings.